The molecule has 0 amide bonds. The van der Waals surface area contributed by atoms with Crippen molar-refractivity contribution in [1.29, 1.82) is 5.26 Å². The number of nitriles is 1. The molecule has 2 nitrogen and oxygen atoms in total. The minimum absolute atomic E-state index is 0.362. The third kappa shape index (κ3) is 1.87. The summed E-state index contributed by atoms with van der Waals surface area (Å²) in [5.74, 6) is 0. The molecule has 0 bridgehead atoms. The Morgan fingerprint density at radius 1 is 1.45 bits per heavy atom. The maximum absolute atomic E-state index is 10.8. The van der Waals surface area contributed by atoms with Crippen LogP contribution in [-0.2, 0) is 10.4 Å². The Labute approximate surface area is 72.1 Å². The summed E-state index contributed by atoms with van der Waals surface area (Å²) in [7, 11) is 3.72. The molecule has 0 aliphatic heterocycles. The van der Waals surface area contributed by atoms with Gasteiger partial charge in [0.25, 0.3) is 0 Å². The van der Waals surface area contributed by atoms with Gasteiger partial charge in [0.2, 0.25) is 0 Å². The topological polar surface area (TPSA) is 46.8 Å². The van der Waals surface area contributed by atoms with E-state index in [9.17, 15) is 4.55 Å². The fourth-order valence-corrected chi connectivity index (χ4v) is 1.57. The first-order valence-corrected chi connectivity index (χ1v) is 4.80. The molecule has 1 unspecified atom stereocenters. The van der Waals surface area contributed by atoms with Crippen LogP contribution in [0.15, 0.2) is 29.2 Å². The van der Waals surface area contributed by atoms with Crippen molar-refractivity contribution in [3.05, 3.63) is 29.8 Å². The minimum Gasteiger partial charge on any atom is -0.594 e. The number of hydrogen-bond donors (Lipinski definition) is 0. The molecule has 0 aliphatic rings. The molecule has 1 rings (SSSR count). The van der Waals surface area contributed by atoms with Crippen LogP contribution in [0, 0.1) is 11.3 Å². The van der Waals surface area contributed by atoms with Gasteiger partial charge in [0.05, 0.1) is 0 Å². The van der Waals surface area contributed by atoms with Gasteiger partial charge in [-0.3, -0.25) is 0 Å². The van der Waals surface area contributed by atoms with Crippen molar-refractivity contribution in [2.24, 2.45) is 0 Å². The average Bonchev–Trinajstić information content (AvgIpc) is 2.04. The predicted molar refractivity (Wildman–Crippen MR) is 43.4 cm³/mol. The van der Waals surface area contributed by atoms with E-state index in [4.69, 9.17) is 15.9 Å². The second-order valence-electron chi connectivity index (χ2n) is 1.83. The molecule has 0 radical (unpaired) electrons. The lowest BCUT2D eigenvalue weighted by molar-refractivity contribution is 0.608. The van der Waals surface area contributed by atoms with Gasteiger partial charge in [-0.2, -0.15) is 5.26 Å². The van der Waals surface area contributed by atoms with Gasteiger partial charge in [0.15, 0.2) is 15.6 Å². The monoisotopic (exact) mass is 185 g/mol. The molecule has 0 heterocycles. The first kappa shape index (κ1) is 8.41. The Kier molecular flexibility index (Phi) is 2.77. The zero-order chi connectivity index (χ0) is 8.27. The van der Waals surface area contributed by atoms with Crippen molar-refractivity contribution >= 4 is 21.1 Å². The van der Waals surface area contributed by atoms with Crippen LogP contribution < -0.4 is 0 Å². The third-order valence-electron chi connectivity index (χ3n) is 1.18. The fraction of sp³-hybridized carbons (Fsp3) is 0. The molecule has 1 atom stereocenters. The summed E-state index contributed by atoms with van der Waals surface area (Å²) in [6, 6.07) is 8.44. The zero-order valence-electron chi connectivity index (χ0n) is 5.45. The molecule has 4 heteroatoms. The maximum atomic E-state index is 10.8. The Balaban J connectivity index is 3.15. The van der Waals surface area contributed by atoms with Crippen molar-refractivity contribution in [2.75, 3.05) is 0 Å². The summed E-state index contributed by atoms with van der Waals surface area (Å²) in [5.41, 5.74) is 0.362. The molecule has 0 aliphatic carbocycles. The largest absolute Gasteiger partial charge is 0.594 e. The maximum Gasteiger partial charge on any atom is 0.190 e. The van der Waals surface area contributed by atoms with Crippen LogP contribution in [0.2, 0.25) is 0 Å². The van der Waals surface area contributed by atoms with Crippen LogP contribution in [0.1, 0.15) is 5.56 Å². The number of halogens is 1. The van der Waals surface area contributed by atoms with Crippen molar-refractivity contribution < 1.29 is 4.55 Å². The van der Waals surface area contributed by atoms with Gasteiger partial charge < -0.3 is 4.55 Å². The zero-order valence-corrected chi connectivity index (χ0v) is 7.02. The normalized spacial score (nSPS) is 12.1. The average molecular weight is 186 g/mol. The van der Waals surface area contributed by atoms with Crippen LogP contribution >= 0.6 is 10.7 Å². The number of benzene rings is 1. The molecule has 56 valence electrons. The van der Waals surface area contributed by atoms with E-state index in [1.807, 2.05) is 6.07 Å². The highest BCUT2D eigenvalue weighted by atomic mass is 35.7. The Hall–Kier alpha value is -0.690. The second kappa shape index (κ2) is 3.63. The van der Waals surface area contributed by atoms with Crippen molar-refractivity contribution in [3.63, 3.8) is 0 Å². The van der Waals surface area contributed by atoms with Crippen LogP contribution in [0.25, 0.3) is 0 Å². The predicted octanol–water partition coefficient (Wildman–Crippen LogP) is 1.82. The summed E-state index contributed by atoms with van der Waals surface area (Å²) in [5, 5.41) is 8.52. The molecule has 1 aromatic carbocycles. The highest BCUT2D eigenvalue weighted by molar-refractivity contribution is 8.13. The van der Waals surface area contributed by atoms with Gasteiger partial charge in [-0.25, -0.2) is 0 Å². The molecule has 0 fully saturated rings. The summed E-state index contributed by atoms with van der Waals surface area (Å²) in [6.45, 7) is 0. The van der Waals surface area contributed by atoms with Gasteiger partial charge in [0, 0.05) is 0 Å². The summed E-state index contributed by atoms with van der Waals surface area (Å²) in [4.78, 5) is 0.372. The number of hydrogen-bond acceptors (Lipinski definition) is 2. The lowest BCUT2D eigenvalue weighted by Crippen LogP contribution is -1.93. The van der Waals surface area contributed by atoms with E-state index in [0.29, 0.717) is 10.5 Å². The van der Waals surface area contributed by atoms with Gasteiger partial charge in [-0.1, -0.05) is 12.1 Å². The van der Waals surface area contributed by atoms with Gasteiger partial charge >= 0.3 is 0 Å². The highest BCUT2D eigenvalue weighted by Crippen LogP contribution is 2.18. The lowest BCUT2D eigenvalue weighted by atomic mass is 10.2. The molecule has 0 N–H and O–H groups in total. The molecular weight excluding hydrogens is 182 g/mol. The quantitative estimate of drug-likeness (QED) is 0.627. The van der Waals surface area contributed by atoms with Crippen molar-refractivity contribution in [2.45, 2.75) is 4.90 Å². The number of nitrogens with zero attached hydrogens (tertiary/aromatic N) is 1. The SMILES string of the molecule is N#Cc1ccccc1[S+]([O-])Cl. The molecule has 11 heavy (non-hydrogen) atoms. The molecular formula is C7H4ClNOS. The first-order valence-electron chi connectivity index (χ1n) is 2.83. The van der Waals surface area contributed by atoms with Crippen molar-refractivity contribution in [1.82, 2.24) is 0 Å². The fourth-order valence-electron chi connectivity index (χ4n) is 0.699. The molecule has 0 aromatic heterocycles. The molecule has 1 aromatic rings. The Bertz CT molecular complexity index is 295. The van der Waals surface area contributed by atoms with Crippen molar-refractivity contribution in [3.8, 4) is 6.07 Å². The van der Waals surface area contributed by atoms with E-state index < -0.39 is 10.4 Å². The van der Waals surface area contributed by atoms with Crippen LogP contribution in [0.4, 0.5) is 0 Å². The summed E-state index contributed by atoms with van der Waals surface area (Å²) < 4.78 is 10.8. The number of rotatable bonds is 1. The van der Waals surface area contributed by atoms with Crippen LogP contribution in [0.5, 0.6) is 0 Å². The van der Waals surface area contributed by atoms with E-state index in [2.05, 4.69) is 0 Å². The van der Waals surface area contributed by atoms with E-state index in [-0.39, 0.29) is 0 Å². The van der Waals surface area contributed by atoms with Gasteiger partial charge in [-0.05, 0) is 12.1 Å². The smallest absolute Gasteiger partial charge is 0.190 e. The Morgan fingerprint density at radius 3 is 2.55 bits per heavy atom. The van der Waals surface area contributed by atoms with E-state index >= 15 is 0 Å². The van der Waals surface area contributed by atoms with E-state index in [1.165, 1.54) is 0 Å². The van der Waals surface area contributed by atoms with E-state index in [1.54, 1.807) is 24.3 Å². The molecule has 0 saturated heterocycles. The Morgan fingerprint density at radius 2 is 2.09 bits per heavy atom. The van der Waals surface area contributed by atoms with Gasteiger partial charge in [-0.15, -0.1) is 0 Å². The standard InChI is InChI=1S/C7H4ClNOS/c8-11(10)7-4-2-1-3-6(7)5-9/h1-4H. The third-order valence-corrected chi connectivity index (χ3v) is 2.38. The minimum atomic E-state index is -1.59. The van der Waals surface area contributed by atoms with E-state index in [0.717, 1.165) is 0 Å². The summed E-state index contributed by atoms with van der Waals surface area (Å²) >= 11 is 0. The molecule has 0 spiro atoms. The lowest BCUT2D eigenvalue weighted by Gasteiger charge is -1.99. The summed E-state index contributed by atoms with van der Waals surface area (Å²) in [6.07, 6.45) is 0. The molecule has 0 saturated carbocycles. The van der Waals surface area contributed by atoms with Gasteiger partial charge in [0.1, 0.15) is 22.0 Å². The second-order valence-corrected chi connectivity index (χ2v) is 3.56. The van der Waals surface area contributed by atoms with Crippen LogP contribution in [0.3, 0.4) is 0 Å². The first-order chi connectivity index (χ1) is 5.25. The van der Waals surface area contributed by atoms with Crippen LogP contribution in [-0.4, -0.2) is 4.55 Å². The highest BCUT2D eigenvalue weighted by Gasteiger charge is 2.12.